The Hall–Kier alpha value is -3.90. The predicted octanol–water partition coefficient (Wildman–Crippen LogP) is 5.25. The number of hydrogen-bond donors (Lipinski definition) is 1. The Morgan fingerprint density at radius 1 is 0.926 bits per heavy atom. The summed E-state index contributed by atoms with van der Waals surface area (Å²) in [6.45, 7) is 0. The number of para-hydroxylation sites is 1. The van der Waals surface area contributed by atoms with Crippen molar-refractivity contribution in [2.75, 3.05) is 0 Å². The molecule has 0 fully saturated rings. The molecule has 3 nitrogen and oxygen atoms in total. The predicted molar refractivity (Wildman–Crippen MR) is 108 cm³/mol. The molecule has 0 saturated carbocycles. The molecule has 0 atom stereocenters. The summed E-state index contributed by atoms with van der Waals surface area (Å²) < 4.78 is 0. The molecule has 3 aromatic rings. The van der Waals surface area contributed by atoms with Crippen molar-refractivity contribution in [3.63, 3.8) is 0 Å². The van der Waals surface area contributed by atoms with Crippen LogP contribution in [0.1, 0.15) is 15.9 Å². The van der Waals surface area contributed by atoms with Crippen LogP contribution in [-0.2, 0) is 0 Å². The van der Waals surface area contributed by atoms with E-state index in [-0.39, 0.29) is 5.56 Å². The van der Waals surface area contributed by atoms with E-state index in [2.05, 4.69) is 35.2 Å². The third-order valence-corrected chi connectivity index (χ3v) is 4.46. The van der Waals surface area contributed by atoms with Crippen LogP contribution >= 0.6 is 0 Å². The van der Waals surface area contributed by atoms with Gasteiger partial charge in [-0.05, 0) is 35.4 Å². The number of terminal acetylenes is 1. The van der Waals surface area contributed by atoms with Gasteiger partial charge in [0, 0.05) is 28.3 Å². The van der Waals surface area contributed by atoms with E-state index in [4.69, 9.17) is 6.42 Å². The molecule has 1 aromatic heterocycles. The fourth-order valence-corrected chi connectivity index (χ4v) is 3.12. The van der Waals surface area contributed by atoms with Gasteiger partial charge in [0.25, 0.3) is 0 Å². The number of fused-ring (bicyclic) bond motifs is 2. The molecule has 27 heavy (non-hydrogen) atoms. The van der Waals surface area contributed by atoms with Crippen molar-refractivity contribution < 1.29 is 9.90 Å². The lowest BCUT2D eigenvalue weighted by atomic mass is 9.93. The minimum absolute atomic E-state index is 0.184. The molecule has 0 bridgehead atoms. The van der Waals surface area contributed by atoms with Crippen molar-refractivity contribution in [1.82, 2.24) is 4.98 Å². The third kappa shape index (κ3) is 3.17. The number of pyridine rings is 1. The Labute approximate surface area is 156 Å². The van der Waals surface area contributed by atoms with Crippen molar-refractivity contribution in [3.8, 4) is 34.6 Å². The van der Waals surface area contributed by atoms with Crippen LogP contribution in [0.5, 0.6) is 0 Å². The van der Waals surface area contributed by atoms with Crippen molar-refractivity contribution in [2.45, 2.75) is 0 Å². The van der Waals surface area contributed by atoms with Crippen LogP contribution in [0.3, 0.4) is 0 Å². The number of aromatic nitrogens is 1. The summed E-state index contributed by atoms with van der Waals surface area (Å²) in [5, 5.41) is 10.4. The maximum absolute atomic E-state index is 11.5. The van der Waals surface area contributed by atoms with Crippen LogP contribution in [-0.4, -0.2) is 16.1 Å². The average Bonchev–Trinajstić information content (AvgIpc) is 3.32. The number of rotatable bonds is 2. The first kappa shape index (κ1) is 16.6. The maximum Gasteiger partial charge on any atom is 0.336 e. The summed E-state index contributed by atoms with van der Waals surface area (Å²) in [7, 11) is 0. The zero-order valence-corrected chi connectivity index (χ0v) is 14.4. The van der Waals surface area contributed by atoms with Crippen molar-refractivity contribution in [3.05, 3.63) is 90.1 Å². The Morgan fingerprint density at radius 3 is 2.26 bits per heavy atom. The maximum atomic E-state index is 11.5. The van der Waals surface area contributed by atoms with Gasteiger partial charge < -0.3 is 5.11 Å². The fourth-order valence-electron chi connectivity index (χ4n) is 3.12. The van der Waals surface area contributed by atoms with Crippen LogP contribution < -0.4 is 0 Å². The Bertz CT molecular complexity index is 1200. The second-order valence-corrected chi connectivity index (χ2v) is 6.14. The normalized spacial score (nSPS) is 10.5. The summed E-state index contributed by atoms with van der Waals surface area (Å²) in [5.41, 5.74) is 5.60. The highest BCUT2D eigenvalue weighted by molar-refractivity contribution is 6.03. The number of hydrogen-bond acceptors (Lipinski definition) is 2. The molecular weight excluding hydrogens is 334 g/mol. The Morgan fingerprint density at radius 2 is 1.63 bits per heavy atom. The first-order chi connectivity index (χ1) is 13.2. The van der Waals surface area contributed by atoms with Crippen molar-refractivity contribution in [2.24, 2.45) is 0 Å². The van der Waals surface area contributed by atoms with Crippen molar-refractivity contribution >= 4 is 16.9 Å². The monoisotopic (exact) mass is 349 g/mol. The molecule has 2 aromatic carbocycles. The lowest BCUT2D eigenvalue weighted by Crippen LogP contribution is -2.02. The molecule has 0 aliphatic heterocycles. The number of benzene rings is 3. The summed E-state index contributed by atoms with van der Waals surface area (Å²) >= 11 is 0. The first-order valence-corrected chi connectivity index (χ1v) is 8.46. The lowest BCUT2D eigenvalue weighted by molar-refractivity contribution is 0.0697. The highest BCUT2D eigenvalue weighted by atomic mass is 16.4. The van der Waals surface area contributed by atoms with Gasteiger partial charge in [-0.3, -0.25) is 4.98 Å². The zero-order chi connectivity index (χ0) is 18.8. The van der Waals surface area contributed by atoms with Crippen molar-refractivity contribution in [1.29, 1.82) is 0 Å². The SMILES string of the molecule is C#Cc1cccc(C(=O)O)c1-c1cccc2cccnc12.c1cc2cc-2c1. The zero-order valence-electron chi connectivity index (χ0n) is 14.4. The second-order valence-electron chi connectivity index (χ2n) is 6.14. The van der Waals surface area contributed by atoms with Gasteiger partial charge in [0.2, 0.25) is 0 Å². The molecule has 1 N–H and O–H groups in total. The first-order valence-electron chi connectivity index (χ1n) is 8.46. The molecule has 128 valence electrons. The van der Waals surface area contributed by atoms with Gasteiger partial charge in [0.1, 0.15) is 0 Å². The van der Waals surface area contributed by atoms with E-state index in [0.29, 0.717) is 11.1 Å². The Kier molecular flexibility index (Phi) is 4.16. The number of carboxylic acids is 1. The van der Waals surface area contributed by atoms with Gasteiger partial charge in [0.05, 0.1) is 11.1 Å². The third-order valence-electron chi connectivity index (χ3n) is 4.46. The number of nitrogens with zero attached hydrogens (tertiary/aromatic N) is 1. The molecule has 1 heterocycles. The number of carbonyl (C=O) groups is 1. The van der Waals surface area contributed by atoms with Gasteiger partial charge in [-0.15, -0.1) is 6.42 Å². The second kappa shape index (κ2) is 6.78. The fraction of sp³-hybridized carbons (Fsp3) is 0. The van der Waals surface area contributed by atoms with E-state index in [0.717, 1.165) is 16.5 Å². The van der Waals surface area contributed by atoms with Gasteiger partial charge in [-0.1, -0.05) is 54.5 Å². The van der Waals surface area contributed by atoms with Gasteiger partial charge >= 0.3 is 5.97 Å². The quantitative estimate of drug-likeness (QED) is 0.443. The highest BCUT2D eigenvalue weighted by Gasteiger charge is 2.17. The Balaban J connectivity index is 0.000000250. The summed E-state index contributed by atoms with van der Waals surface area (Å²) in [4.78, 5) is 15.9. The summed E-state index contributed by atoms with van der Waals surface area (Å²) in [6.07, 6.45) is 7.22. The van der Waals surface area contributed by atoms with Crippen LogP contribution in [0.25, 0.3) is 33.2 Å². The van der Waals surface area contributed by atoms with Gasteiger partial charge in [-0.2, -0.15) is 0 Å². The molecule has 0 amide bonds. The van der Waals surface area contributed by atoms with E-state index >= 15 is 0 Å². The smallest absolute Gasteiger partial charge is 0.336 e. The van der Waals surface area contributed by atoms with Crippen LogP contribution in [0.2, 0.25) is 0 Å². The molecule has 0 radical (unpaired) electrons. The van der Waals surface area contributed by atoms with E-state index in [1.54, 1.807) is 24.4 Å². The van der Waals surface area contributed by atoms with Gasteiger partial charge in [-0.25, -0.2) is 4.79 Å². The highest BCUT2D eigenvalue weighted by Crippen LogP contribution is 2.33. The molecule has 2 aliphatic rings. The van der Waals surface area contributed by atoms with E-state index < -0.39 is 5.97 Å². The molecule has 0 spiro atoms. The van der Waals surface area contributed by atoms with Gasteiger partial charge in [0.15, 0.2) is 0 Å². The van der Waals surface area contributed by atoms with Crippen LogP contribution in [0, 0.1) is 12.3 Å². The number of aromatic carboxylic acids is 1. The van der Waals surface area contributed by atoms with E-state index in [9.17, 15) is 9.90 Å². The van der Waals surface area contributed by atoms with Crippen LogP contribution in [0.15, 0.2) is 79.0 Å². The average molecular weight is 349 g/mol. The minimum Gasteiger partial charge on any atom is -0.478 e. The van der Waals surface area contributed by atoms with Crippen LogP contribution in [0.4, 0.5) is 0 Å². The topological polar surface area (TPSA) is 50.2 Å². The summed E-state index contributed by atoms with van der Waals surface area (Å²) in [5.74, 6) is 1.56. The molecule has 3 heteroatoms. The van der Waals surface area contributed by atoms with E-state index in [1.807, 2.05) is 30.3 Å². The van der Waals surface area contributed by atoms with E-state index in [1.165, 1.54) is 11.1 Å². The lowest BCUT2D eigenvalue weighted by Gasteiger charge is -2.11. The largest absolute Gasteiger partial charge is 0.478 e. The minimum atomic E-state index is -1.00. The summed E-state index contributed by atoms with van der Waals surface area (Å²) in [6, 6.07) is 22.9. The number of carboxylic acid groups (broad SMARTS) is 1. The molecular formula is C24H15NO2. The molecule has 0 unspecified atom stereocenters. The standard InChI is InChI=1S/C18H11NO2.C6H4/c1-2-12-6-3-10-15(18(20)21)16(12)14-9-4-7-13-8-5-11-19-17(13)14;1-2-5-4-6(5)3-1/h1,3-11H,(H,20,21);1-4H. The molecule has 0 saturated heterocycles. The molecule has 2 aliphatic carbocycles. The molecule has 5 rings (SSSR count).